The van der Waals surface area contributed by atoms with Gasteiger partial charge in [0, 0.05) is 23.1 Å². The molecule has 0 atom stereocenters. The smallest absolute Gasteiger partial charge is 0.406 e. The van der Waals surface area contributed by atoms with Gasteiger partial charge in [-0.05, 0) is 72.3 Å². The summed E-state index contributed by atoms with van der Waals surface area (Å²) in [5.41, 5.74) is 2.56. The zero-order valence-corrected chi connectivity index (χ0v) is 16.7. The molecule has 0 saturated heterocycles. The number of aromatic nitrogens is 1. The third kappa shape index (κ3) is 5.11. The van der Waals surface area contributed by atoms with Crippen LogP contribution in [0.2, 0.25) is 0 Å². The second-order valence-electron chi connectivity index (χ2n) is 6.77. The second-order valence-corrected chi connectivity index (χ2v) is 6.77. The summed E-state index contributed by atoms with van der Waals surface area (Å²) in [5.74, 6) is -0.772. The summed E-state index contributed by atoms with van der Waals surface area (Å²) < 4.78 is 5.41. The standard InChI is InChI=1S/C22H22N4O4/c1-16(2)25(21(27)15-30-20-9-6-14-23-22(20)26(28)29)19-12-10-18(11-13-19)24-17-7-4-3-5-8-17/h3-14,16,24H,15H2,1-2H3. The number of pyridine rings is 1. The number of rotatable bonds is 8. The van der Waals surface area contributed by atoms with Gasteiger partial charge in [-0.25, -0.2) is 0 Å². The van der Waals surface area contributed by atoms with Crippen molar-refractivity contribution in [3.8, 4) is 5.75 Å². The summed E-state index contributed by atoms with van der Waals surface area (Å²) >= 11 is 0. The number of nitrogens with zero attached hydrogens (tertiary/aromatic N) is 3. The van der Waals surface area contributed by atoms with Gasteiger partial charge in [-0.2, -0.15) is 0 Å². The van der Waals surface area contributed by atoms with Gasteiger partial charge in [-0.1, -0.05) is 18.2 Å². The lowest BCUT2D eigenvalue weighted by molar-refractivity contribution is -0.390. The van der Waals surface area contributed by atoms with Crippen molar-refractivity contribution in [2.75, 3.05) is 16.8 Å². The average Bonchev–Trinajstić information content (AvgIpc) is 2.74. The van der Waals surface area contributed by atoms with E-state index in [0.717, 1.165) is 11.4 Å². The van der Waals surface area contributed by atoms with Crippen molar-refractivity contribution in [3.63, 3.8) is 0 Å². The van der Waals surface area contributed by atoms with E-state index in [2.05, 4.69) is 10.3 Å². The maximum Gasteiger partial charge on any atom is 0.406 e. The Morgan fingerprint density at radius 2 is 1.73 bits per heavy atom. The number of para-hydroxylation sites is 1. The quantitative estimate of drug-likeness (QED) is 0.435. The number of nitrogens with one attached hydrogen (secondary N) is 1. The molecule has 1 N–H and O–H groups in total. The molecule has 2 aromatic carbocycles. The summed E-state index contributed by atoms with van der Waals surface area (Å²) in [6.07, 6.45) is 1.30. The van der Waals surface area contributed by atoms with Crippen LogP contribution in [-0.4, -0.2) is 28.5 Å². The van der Waals surface area contributed by atoms with E-state index < -0.39 is 10.7 Å². The van der Waals surface area contributed by atoms with Crippen molar-refractivity contribution in [3.05, 3.63) is 83.0 Å². The normalized spacial score (nSPS) is 10.5. The number of hydrogen-bond donors (Lipinski definition) is 1. The molecule has 30 heavy (non-hydrogen) atoms. The van der Waals surface area contributed by atoms with Crippen molar-refractivity contribution >= 4 is 28.8 Å². The van der Waals surface area contributed by atoms with Crippen LogP contribution in [0, 0.1) is 10.1 Å². The Balaban J connectivity index is 1.71. The largest absolute Gasteiger partial charge is 0.476 e. The lowest BCUT2D eigenvalue weighted by atomic mass is 10.2. The molecule has 0 radical (unpaired) electrons. The number of carbonyl (C=O) groups excluding carboxylic acids is 1. The van der Waals surface area contributed by atoms with E-state index in [1.165, 1.54) is 18.3 Å². The van der Waals surface area contributed by atoms with E-state index in [9.17, 15) is 14.9 Å². The Bertz CT molecular complexity index is 1010. The topological polar surface area (TPSA) is 97.6 Å². The Labute approximate surface area is 174 Å². The van der Waals surface area contributed by atoms with Crippen LogP contribution in [0.15, 0.2) is 72.9 Å². The zero-order valence-electron chi connectivity index (χ0n) is 16.7. The fraction of sp³-hybridized carbons (Fsp3) is 0.182. The highest BCUT2D eigenvalue weighted by Gasteiger charge is 2.22. The third-order valence-electron chi connectivity index (χ3n) is 4.27. The number of nitro groups is 1. The van der Waals surface area contributed by atoms with Gasteiger partial charge in [0.15, 0.2) is 6.61 Å². The minimum Gasteiger partial charge on any atom is -0.476 e. The van der Waals surface area contributed by atoms with Crippen LogP contribution in [0.5, 0.6) is 5.75 Å². The average molecular weight is 406 g/mol. The van der Waals surface area contributed by atoms with Crippen LogP contribution in [0.4, 0.5) is 22.9 Å². The van der Waals surface area contributed by atoms with E-state index >= 15 is 0 Å². The molecule has 0 aliphatic heterocycles. The molecule has 0 saturated carbocycles. The number of hydrogen-bond acceptors (Lipinski definition) is 6. The predicted octanol–water partition coefficient (Wildman–Crippen LogP) is 4.55. The van der Waals surface area contributed by atoms with Gasteiger partial charge in [0.05, 0.1) is 0 Å². The van der Waals surface area contributed by atoms with Crippen LogP contribution in [0.25, 0.3) is 0 Å². The van der Waals surface area contributed by atoms with Gasteiger partial charge in [-0.3, -0.25) is 4.79 Å². The zero-order chi connectivity index (χ0) is 21.5. The second kappa shape index (κ2) is 9.51. The van der Waals surface area contributed by atoms with Gasteiger partial charge in [-0.15, -0.1) is 0 Å². The molecule has 0 unspecified atom stereocenters. The molecule has 0 aliphatic rings. The fourth-order valence-electron chi connectivity index (χ4n) is 2.96. The molecule has 0 fully saturated rings. The number of benzene rings is 2. The first-order valence-corrected chi connectivity index (χ1v) is 9.42. The van der Waals surface area contributed by atoms with E-state index in [1.54, 1.807) is 4.90 Å². The van der Waals surface area contributed by atoms with Crippen molar-refractivity contribution in [2.24, 2.45) is 0 Å². The molecule has 3 aromatic rings. The van der Waals surface area contributed by atoms with E-state index in [-0.39, 0.29) is 24.3 Å². The lowest BCUT2D eigenvalue weighted by Gasteiger charge is -2.27. The minimum atomic E-state index is -0.640. The maximum absolute atomic E-state index is 12.8. The monoisotopic (exact) mass is 406 g/mol. The van der Waals surface area contributed by atoms with Crippen molar-refractivity contribution in [1.82, 2.24) is 4.98 Å². The van der Waals surface area contributed by atoms with E-state index in [4.69, 9.17) is 4.74 Å². The first-order chi connectivity index (χ1) is 14.5. The molecule has 0 bridgehead atoms. The summed E-state index contributed by atoms with van der Waals surface area (Å²) in [4.78, 5) is 28.5. The van der Waals surface area contributed by atoms with Crippen LogP contribution < -0.4 is 15.0 Å². The Morgan fingerprint density at radius 3 is 2.37 bits per heavy atom. The Morgan fingerprint density at radius 1 is 1.07 bits per heavy atom. The molecule has 0 aliphatic carbocycles. The summed E-state index contributed by atoms with van der Waals surface area (Å²) in [5, 5.41) is 14.3. The molecule has 8 heteroatoms. The molecule has 1 aromatic heterocycles. The number of anilines is 3. The molecule has 1 amide bonds. The van der Waals surface area contributed by atoms with Gasteiger partial charge in [0.1, 0.15) is 6.20 Å². The van der Waals surface area contributed by atoms with Crippen molar-refractivity contribution < 1.29 is 14.5 Å². The predicted molar refractivity (Wildman–Crippen MR) is 115 cm³/mol. The molecule has 3 rings (SSSR count). The van der Waals surface area contributed by atoms with Crippen molar-refractivity contribution in [2.45, 2.75) is 19.9 Å². The molecular weight excluding hydrogens is 384 g/mol. The number of carbonyl (C=O) groups is 1. The van der Waals surface area contributed by atoms with Crippen LogP contribution >= 0.6 is 0 Å². The Hall–Kier alpha value is -3.94. The SMILES string of the molecule is CC(C)N(C(=O)COc1cccnc1[N+](=O)[O-])c1ccc(Nc2ccccc2)cc1. The maximum atomic E-state index is 12.8. The van der Waals surface area contributed by atoms with Crippen molar-refractivity contribution in [1.29, 1.82) is 0 Å². The van der Waals surface area contributed by atoms with E-state index in [0.29, 0.717) is 5.69 Å². The van der Waals surface area contributed by atoms with E-state index in [1.807, 2.05) is 68.4 Å². The molecule has 8 nitrogen and oxygen atoms in total. The first-order valence-electron chi connectivity index (χ1n) is 9.42. The molecule has 0 spiro atoms. The minimum absolute atomic E-state index is 0.0398. The summed E-state index contributed by atoms with van der Waals surface area (Å²) in [7, 11) is 0. The van der Waals surface area contributed by atoms with Crippen LogP contribution in [-0.2, 0) is 4.79 Å². The van der Waals surface area contributed by atoms with Gasteiger partial charge in [0.2, 0.25) is 5.75 Å². The fourth-order valence-corrected chi connectivity index (χ4v) is 2.96. The highest BCUT2D eigenvalue weighted by molar-refractivity contribution is 5.95. The molecular formula is C22H22N4O4. The number of ether oxygens (including phenoxy) is 1. The lowest BCUT2D eigenvalue weighted by Crippen LogP contribution is -2.40. The first kappa shape index (κ1) is 20.8. The molecule has 1 heterocycles. The van der Waals surface area contributed by atoms with Crippen LogP contribution in [0.1, 0.15) is 13.8 Å². The molecule has 154 valence electrons. The Kier molecular flexibility index (Phi) is 6.59. The summed E-state index contributed by atoms with van der Waals surface area (Å²) in [6, 6.07) is 20.0. The number of amides is 1. The summed E-state index contributed by atoms with van der Waals surface area (Å²) in [6.45, 7) is 3.44. The third-order valence-corrected chi connectivity index (χ3v) is 4.27. The highest BCUT2D eigenvalue weighted by Crippen LogP contribution is 2.25. The van der Waals surface area contributed by atoms with Gasteiger partial charge < -0.3 is 25.1 Å². The van der Waals surface area contributed by atoms with Crippen LogP contribution in [0.3, 0.4) is 0 Å². The van der Waals surface area contributed by atoms with Gasteiger partial charge >= 0.3 is 5.82 Å². The van der Waals surface area contributed by atoms with Gasteiger partial charge in [0.25, 0.3) is 5.91 Å². The highest BCUT2D eigenvalue weighted by atomic mass is 16.6.